The van der Waals surface area contributed by atoms with E-state index in [1.54, 1.807) is 14.2 Å². The molecule has 0 saturated carbocycles. The molecule has 1 aromatic heterocycles. The van der Waals surface area contributed by atoms with Crippen molar-refractivity contribution in [2.45, 2.75) is 0 Å². The molecular formula is C24H22N4O2. The summed E-state index contributed by atoms with van der Waals surface area (Å²) in [6, 6.07) is 24.4. The van der Waals surface area contributed by atoms with Crippen molar-refractivity contribution in [1.29, 1.82) is 0 Å². The Morgan fingerprint density at radius 1 is 0.833 bits per heavy atom. The number of para-hydroxylation sites is 1. The standard InChI is InChI=1S/C24H22N4O2/c1-27-19-15-21(30-3)20(29-2)14-18(19)22-23(16-10-6-4-7-11-16)25-28(24(22)26-27)17-12-8-5-9-13-17/h4-15,26H,1-3H3. The van der Waals surface area contributed by atoms with Crippen molar-refractivity contribution in [3.63, 3.8) is 0 Å². The van der Waals surface area contributed by atoms with E-state index in [0.29, 0.717) is 11.5 Å². The predicted octanol–water partition coefficient (Wildman–Crippen LogP) is 5.00. The van der Waals surface area contributed by atoms with Crippen molar-refractivity contribution in [2.24, 2.45) is 0 Å². The van der Waals surface area contributed by atoms with Gasteiger partial charge in [0.25, 0.3) is 0 Å². The number of methoxy groups -OCH3 is 2. The van der Waals surface area contributed by atoms with Crippen LogP contribution in [0.3, 0.4) is 0 Å². The van der Waals surface area contributed by atoms with Crippen LogP contribution in [0.15, 0.2) is 72.8 Å². The molecule has 4 aromatic rings. The number of ether oxygens (including phenoxy) is 2. The first kappa shape index (κ1) is 18.1. The average molecular weight is 398 g/mol. The van der Waals surface area contributed by atoms with Gasteiger partial charge in [-0.15, -0.1) is 0 Å². The highest BCUT2D eigenvalue weighted by molar-refractivity contribution is 5.99. The lowest BCUT2D eigenvalue weighted by Gasteiger charge is -2.30. The van der Waals surface area contributed by atoms with E-state index in [9.17, 15) is 0 Å². The third-order valence-corrected chi connectivity index (χ3v) is 5.34. The van der Waals surface area contributed by atoms with Crippen LogP contribution in [0.25, 0.3) is 28.1 Å². The second kappa shape index (κ2) is 7.15. The van der Waals surface area contributed by atoms with Gasteiger partial charge in [-0.1, -0.05) is 48.5 Å². The summed E-state index contributed by atoms with van der Waals surface area (Å²) >= 11 is 0. The fourth-order valence-corrected chi connectivity index (χ4v) is 3.90. The molecule has 0 saturated heterocycles. The van der Waals surface area contributed by atoms with E-state index in [1.165, 1.54) is 0 Å². The summed E-state index contributed by atoms with van der Waals surface area (Å²) in [5.41, 5.74) is 9.49. The number of benzene rings is 3. The van der Waals surface area contributed by atoms with E-state index in [2.05, 4.69) is 17.6 Å². The number of hydrogen-bond acceptors (Lipinski definition) is 5. The highest BCUT2D eigenvalue weighted by Crippen LogP contribution is 2.49. The van der Waals surface area contributed by atoms with Crippen LogP contribution in [0.2, 0.25) is 0 Å². The van der Waals surface area contributed by atoms with Crippen molar-refractivity contribution < 1.29 is 9.47 Å². The van der Waals surface area contributed by atoms with Gasteiger partial charge in [0.1, 0.15) is 5.69 Å². The minimum atomic E-state index is 0.684. The minimum absolute atomic E-state index is 0.684. The Balaban J connectivity index is 1.83. The maximum absolute atomic E-state index is 5.60. The van der Waals surface area contributed by atoms with Crippen molar-refractivity contribution in [1.82, 2.24) is 9.78 Å². The smallest absolute Gasteiger partial charge is 0.162 e. The van der Waals surface area contributed by atoms with Crippen LogP contribution in [-0.4, -0.2) is 31.0 Å². The highest BCUT2D eigenvalue weighted by Gasteiger charge is 2.30. The van der Waals surface area contributed by atoms with Crippen molar-refractivity contribution in [2.75, 3.05) is 31.7 Å². The van der Waals surface area contributed by atoms with Gasteiger partial charge in [0.05, 0.1) is 31.2 Å². The number of hydrazine groups is 1. The van der Waals surface area contributed by atoms with Crippen molar-refractivity contribution >= 4 is 11.5 Å². The largest absolute Gasteiger partial charge is 0.493 e. The number of aromatic nitrogens is 2. The summed E-state index contributed by atoms with van der Waals surface area (Å²) in [6.07, 6.45) is 0. The Bertz CT molecular complexity index is 1200. The Labute approximate surface area is 175 Å². The normalized spacial score (nSPS) is 12.0. The molecule has 6 nitrogen and oxygen atoms in total. The van der Waals surface area contributed by atoms with Gasteiger partial charge in [-0.3, -0.25) is 10.4 Å². The minimum Gasteiger partial charge on any atom is -0.493 e. The van der Waals surface area contributed by atoms with Gasteiger partial charge in [0.2, 0.25) is 0 Å². The molecule has 0 bridgehead atoms. The number of nitrogens with one attached hydrogen (secondary N) is 1. The number of nitrogens with zero attached hydrogens (tertiary/aromatic N) is 3. The Morgan fingerprint density at radius 3 is 2.13 bits per heavy atom. The molecule has 0 unspecified atom stereocenters. The van der Waals surface area contributed by atoms with E-state index >= 15 is 0 Å². The first-order chi connectivity index (χ1) is 14.7. The molecule has 0 amide bonds. The van der Waals surface area contributed by atoms with Crippen LogP contribution in [0.5, 0.6) is 11.5 Å². The third-order valence-electron chi connectivity index (χ3n) is 5.34. The number of fused-ring (bicyclic) bond motifs is 3. The third kappa shape index (κ3) is 2.76. The molecule has 1 aliphatic heterocycles. The molecule has 3 aromatic carbocycles. The summed E-state index contributed by atoms with van der Waals surface area (Å²) in [5, 5.41) is 7.00. The van der Waals surface area contributed by atoms with E-state index < -0.39 is 0 Å². The summed E-state index contributed by atoms with van der Waals surface area (Å²) in [6.45, 7) is 0. The van der Waals surface area contributed by atoms with Gasteiger partial charge in [-0.2, -0.15) is 5.10 Å². The monoisotopic (exact) mass is 398 g/mol. The van der Waals surface area contributed by atoms with Crippen LogP contribution in [0.1, 0.15) is 0 Å². The average Bonchev–Trinajstić information content (AvgIpc) is 3.19. The topological polar surface area (TPSA) is 51.6 Å². The van der Waals surface area contributed by atoms with Gasteiger partial charge in [0, 0.05) is 24.2 Å². The Hall–Kier alpha value is -3.93. The van der Waals surface area contributed by atoms with Crippen LogP contribution >= 0.6 is 0 Å². The highest BCUT2D eigenvalue weighted by atomic mass is 16.5. The van der Waals surface area contributed by atoms with Crippen LogP contribution < -0.4 is 19.9 Å². The van der Waals surface area contributed by atoms with Crippen LogP contribution in [0.4, 0.5) is 11.5 Å². The SMILES string of the molecule is COc1cc2c(cc1OC)N(C)Nc1c-2c(-c2ccccc2)nn1-c1ccccc1. The zero-order valence-electron chi connectivity index (χ0n) is 17.1. The van der Waals surface area contributed by atoms with Gasteiger partial charge < -0.3 is 9.47 Å². The first-order valence-electron chi connectivity index (χ1n) is 9.72. The lowest BCUT2D eigenvalue weighted by molar-refractivity contribution is 0.355. The van der Waals surface area contributed by atoms with Crippen molar-refractivity contribution in [3.8, 4) is 39.6 Å². The lowest BCUT2D eigenvalue weighted by Crippen LogP contribution is -2.29. The van der Waals surface area contributed by atoms with E-state index in [4.69, 9.17) is 14.6 Å². The summed E-state index contributed by atoms with van der Waals surface area (Å²) in [4.78, 5) is 0. The molecule has 30 heavy (non-hydrogen) atoms. The molecule has 2 heterocycles. The zero-order valence-corrected chi connectivity index (χ0v) is 17.1. The second-order valence-corrected chi connectivity index (χ2v) is 7.08. The Morgan fingerprint density at radius 2 is 1.47 bits per heavy atom. The van der Waals surface area contributed by atoms with Gasteiger partial charge in [0.15, 0.2) is 17.3 Å². The quantitative estimate of drug-likeness (QED) is 0.524. The fourth-order valence-electron chi connectivity index (χ4n) is 3.90. The van der Waals surface area contributed by atoms with Crippen molar-refractivity contribution in [3.05, 3.63) is 72.8 Å². The molecular weight excluding hydrogens is 376 g/mol. The molecule has 150 valence electrons. The number of hydrogen-bond donors (Lipinski definition) is 1. The maximum Gasteiger partial charge on any atom is 0.162 e. The molecule has 0 radical (unpaired) electrons. The number of rotatable bonds is 4. The maximum atomic E-state index is 5.60. The molecule has 0 atom stereocenters. The lowest BCUT2D eigenvalue weighted by atomic mass is 9.97. The van der Waals surface area contributed by atoms with Crippen LogP contribution in [0, 0.1) is 0 Å². The van der Waals surface area contributed by atoms with Gasteiger partial charge in [-0.25, -0.2) is 4.68 Å². The van der Waals surface area contributed by atoms with E-state index in [-0.39, 0.29) is 0 Å². The predicted molar refractivity (Wildman–Crippen MR) is 120 cm³/mol. The van der Waals surface area contributed by atoms with E-state index in [0.717, 1.165) is 39.6 Å². The summed E-state index contributed by atoms with van der Waals surface area (Å²) in [7, 11) is 5.29. The molecule has 1 N–H and O–H groups in total. The zero-order chi connectivity index (χ0) is 20.7. The first-order valence-corrected chi connectivity index (χ1v) is 9.72. The van der Waals surface area contributed by atoms with Gasteiger partial charge in [-0.05, 0) is 18.2 Å². The molecule has 6 heteroatoms. The molecule has 0 spiro atoms. The summed E-state index contributed by atoms with van der Waals surface area (Å²) in [5.74, 6) is 2.27. The van der Waals surface area contributed by atoms with Crippen LogP contribution in [-0.2, 0) is 0 Å². The van der Waals surface area contributed by atoms with Gasteiger partial charge >= 0.3 is 0 Å². The number of anilines is 2. The summed E-state index contributed by atoms with van der Waals surface area (Å²) < 4.78 is 13.1. The molecule has 0 fully saturated rings. The second-order valence-electron chi connectivity index (χ2n) is 7.08. The fraction of sp³-hybridized carbons (Fsp3) is 0.125. The Kier molecular flexibility index (Phi) is 4.32. The van der Waals surface area contributed by atoms with E-state index in [1.807, 2.05) is 77.4 Å². The molecule has 5 rings (SSSR count). The molecule has 0 aliphatic carbocycles. The molecule has 1 aliphatic rings.